The minimum atomic E-state index is -0.887. The van der Waals surface area contributed by atoms with Crippen LogP contribution in [0.4, 0.5) is 0 Å². The average molecular weight is 417 g/mol. The minimum absolute atomic E-state index is 0.0924. The summed E-state index contributed by atoms with van der Waals surface area (Å²) in [4.78, 5) is 39.3. The zero-order valence-electron chi connectivity index (χ0n) is 20.2. The molecule has 0 aromatic heterocycles. The molecule has 1 saturated heterocycles. The summed E-state index contributed by atoms with van der Waals surface area (Å²) in [6, 6.07) is 0. The van der Waals surface area contributed by atoms with Gasteiger partial charge in [0.05, 0.1) is 17.1 Å². The maximum atomic E-state index is 13.4. The zero-order chi connectivity index (χ0) is 22.7. The smallest absolute Gasteiger partial charge is 0.233 e. The summed E-state index contributed by atoms with van der Waals surface area (Å²) < 4.78 is 0. The number of imide groups is 1. The number of likely N-dealkylation sites (tertiary alicyclic amines) is 1. The van der Waals surface area contributed by atoms with Gasteiger partial charge in [-0.05, 0) is 32.6 Å². The molecule has 1 heterocycles. The van der Waals surface area contributed by atoms with E-state index in [4.69, 9.17) is 7.85 Å². The number of carbonyl (C=O) groups excluding carboxylic acids is 3. The second-order valence-electron chi connectivity index (χ2n) is 9.82. The first-order chi connectivity index (χ1) is 14.2. The van der Waals surface area contributed by atoms with Crippen LogP contribution in [0.5, 0.6) is 0 Å². The third kappa shape index (κ3) is 7.53. The van der Waals surface area contributed by atoms with Crippen molar-refractivity contribution in [2.45, 2.75) is 124 Å². The van der Waals surface area contributed by atoms with Crippen LogP contribution >= 0.6 is 0 Å². The molecule has 1 aliphatic rings. The molecule has 2 unspecified atom stereocenters. The van der Waals surface area contributed by atoms with Crippen LogP contribution in [0.15, 0.2) is 0 Å². The average Bonchev–Trinajstić information content (AvgIpc) is 2.99. The molecule has 1 rings (SSSR count). The molecule has 0 spiro atoms. The Labute approximate surface area is 186 Å². The predicted octanol–water partition coefficient (Wildman–Crippen LogP) is 5.81. The molecule has 1 aliphatic heterocycles. The van der Waals surface area contributed by atoms with Crippen LogP contribution in [0.2, 0.25) is 0 Å². The number of rotatable bonds is 16. The van der Waals surface area contributed by atoms with E-state index in [2.05, 4.69) is 13.8 Å². The summed E-state index contributed by atoms with van der Waals surface area (Å²) in [5.74, 6) is -0.801. The van der Waals surface area contributed by atoms with Crippen molar-refractivity contribution in [3.05, 3.63) is 0 Å². The molecule has 2 radical (unpaired) electrons. The molecule has 0 bridgehead atoms. The van der Waals surface area contributed by atoms with Gasteiger partial charge < -0.3 is 4.79 Å². The zero-order valence-corrected chi connectivity index (χ0v) is 20.2. The van der Waals surface area contributed by atoms with Gasteiger partial charge in [-0.15, -0.1) is 0 Å². The highest BCUT2D eigenvalue weighted by Crippen LogP contribution is 2.39. The topological polar surface area (TPSA) is 54.5 Å². The van der Waals surface area contributed by atoms with Crippen molar-refractivity contribution in [3.8, 4) is 0 Å². The first-order valence-corrected chi connectivity index (χ1v) is 12.3. The molecule has 0 aromatic rings. The van der Waals surface area contributed by atoms with E-state index in [1.54, 1.807) is 20.8 Å². The molecule has 30 heavy (non-hydrogen) atoms. The predicted molar refractivity (Wildman–Crippen MR) is 124 cm³/mol. The molecule has 0 aliphatic carbocycles. The normalized spacial score (nSPS) is 18.5. The van der Waals surface area contributed by atoms with Crippen LogP contribution in [0, 0.1) is 17.8 Å². The van der Waals surface area contributed by atoms with Crippen LogP contribution in [0.25, 0.3) is 0 Å². The van der Waals surface area contributed by atoms with Gasteiger partial charge in [0.1, 0.15) is 0 Å². The van der Waals surface area contributed by atoms with Crippen molar-refractivity contribution in [3.63, 3.8) is 0 Å². The van der Waals surface area contributed by atoms with E-state index in [0.29, 0.717) is 0 Å². The van der Waals surface area contributed by atoms with E-state index in [1.807, 2.05) is 0 Å². The molecule has 2 atom stereocenters. The van der Waals surface area contributed by atoms with Crippen molar-refractivity contribution in [1.82, 2.24) is 4.90 Å². The van der Waals surface area contributed by atoms with Crippen LogP contribution in [-0.2, 0) is 14.4 Å². The second-order valence-corrected chi connectivity index (χ2v) is 9.82. The highest BCUT2D eigenvalue weighted by Gasteiger charge is 2.50. The molecule has 0 N–H and O–H groups in total. The Balaban J connectivity index is 2.84. The molecule has 4 nitrogen and oxygen atoms in total. The van der Waals surface area contributed by atoms with E-state index in [1.165, 1.54) is 56.3 Å². The SMILES string of the molecule is [B]C(=O)C(C)C(C)(C)N1C(=O)CC(C(CCCCCCC)CCCCCCC)C1=O. The van der Waals surface area contributed by atoms with Crippen molar-refractivity contribution in [2.24, 2.45) is 17.8 Å². The highest BCUT2D eigenvalue weighted by atomic mass is 16.2. The Kier molecular flexibility index (Phi) is 11.9. The van der Waals surface area contributed by atoms with E-state index in [9.17, 15) is 14.4 Å². The Morgan fingerprint density at radius 2 is 1.43 bits per heavy atom. The number of amides is 2. The Morgan fingerprint density at radius 3 is 1.87 bits per heavy atom. The Bertz CT molecular complexity index is 547. The van der Waals surface area contributed by atoms with Gasteiger partial charge in [-0.2, -0.15) is 0 Å². The molecular weight excluding hydrogens is 373 g/mol. The van der Waals surface area contributed by atoms with Crippen LogP contribution < -0.4 is 0 Å². The van der Waals surface area contributed by atoms with Crippen molar-refractivity contribution in [2.75, 3.05) is 0 Å². The molecular formula is C25H44BNO3. The van der Waals surface area contributed by atoms with Crippen LogP contribution in [0.1, 0.15) is 118 Å². The Morgan fingerprint density at radius 1 is 0.967 bits per heavy atom. The number of hydrogen-bond acceptors (Lipinski definition) is 3. The monoisotopic (exact) mass is 417 g/mol. The first kappa shape index (κ1) is 26.9. The molecule has 0 saturated carbocycles. The molecule has 2 amide bonds. The summed E-state index contributed by atoms with van der Waals surface area (Å²) in [6.07, 6.45) is 14.4. The lowest BCUT2D eigenvalue weighted by molar-refractivity contribution is -0.148. The van der Waals surface area contributed by atoms with Crippen molar-refractivity contribution >= 4 is 25.3 Å². The number of unbranched alkanes of at least 4 members (excludes halogenated alkanes) is 8. The van der Waals surface area contributed by atoms with Crippen LogP contribution in [-0.4, -0.2) is 35.8 Å². The van der Waals surface area contributed by atoms with Gasteiger partial charge >= 0.3 is 0 Å². The summed E-state index contributed by atoms with van der Waals surface area (Å²) in [5.41, 5.74) is -1.37. The summed E-state index contributed by atoms with van der Waals surface area (Å²) in [6.45, 7) is 9.70. The molecule has 170 valence electrons. The van der Waals surface area contributed by atoms with E-state index >= 15 is 0 Å². The van der Waals surface area contributed by atoms with Gasteiger partial charge in [0.2, 0.25) is 11.8 Å². The highest BCUT2D eigenvalue weighted by molar-refractivity contribution is 6.58. The summed E-state index contributed by atoms with van der Waals surface area (Å²) >= 11 is 0. The van der Waals surface area contributed by atoms with Crippen molar-refractivity contribution < 1.29 is 14.4 Å². The lowest BCUT2D eigenvalue weighted by Crippen LogP contribution is -2.54. The maximum Gasteiger partial charge on any atom is 0.233 e. The minimum Gasteiger partial charge on any atom is -0.312 e. The fraction of sp³-hybridized carbons (Fsp3) is 0.880. The van der Waals surface area contributed by atoms with Crippen LogP contribution in [0.3, 0.4) is 0 Å². The molecule has 0 aromatic carbocycles. The van der Waals surface area contributed by atoms with E-state index < -0.39 is 17.1 Å². The second kappa shape index (κ2) is 13.3. The standard InChI is InChI=1S/C25H44BNO3/c1-6-8-10-12-14-16-20(17-15-13-11-9-7-2)21-18-22(28)27(24(21)30)25(4,5)19(3)23(26)29/h19-21H,6-18H2,1-5H3. The first-order valence-electron chi connectivity index (χ1n) is 12.3. The largest absolute Gasteiger partial charge is 0.312 e. The van der Waals surface area contributed by atoms with Gasteiger partial charge in [-0.3, -0.25) is 14.5 Å². The van der Waals surface area contributed by atoms with Gasteiger partial charge in [-0.25, -0.2) is 0 Å². The molecule has 5 heteroatoms. The summed E-state index contributed by atoms with van der Waals surface area (Å²) in [5, 5.41) is 0. The summed E-state index contributed by atoms with van der Waals surface area (Å²) in [7, 11) is 5.50. The third-order valence-electron chi connectivity index (χ3n) is 7.17. The lowest BCUT2D eigenvalue weighted by Gasteiger charge is -2.38. The number of hydrogen-bond donors (Lipinski definition) is 0. The number of carbonyl (C=O) groups is 3. The van der Waals surface area contributed by atoms with Gasteiger partial charge in [0.15, 0.2) is 7.85 Å². The van der Waals surface area contributed by atoms with Gasteiger partial charge in [0, 0.05) is 12.3 Å². The third-order valence-corrected chi connectivity index (χ3v) is 7.17. The number of nitrogens with zero attached hydrogens (tertiary/aromatic N) is 1. The fourth-order valence-corrected chi connectivity index (χ4v) is 4.74. The van der Waals surface area contributed by atoms with Gasteiger partial charge in [-0.1, -0.05) is 85.0 Å². The lowest BCUT2D eigenvalue weighted by atomic mass is 9.77. The van der Waals surface area contributed by atoms with E-state index in [0.717, 1.165) is 25.7 Å². The Hall–Kier alpha value is -1.13. The van der Waals surface area contributed by atoms with E-state index in [-0.39, 0.29) is 30.1 Å². The quantitative estimate of drug-likeness (QED) is 0.181. The van der Waals surface area contributed by atoms with Gasteiger partial charge in [0.25, 0.3) is 0 Å². The maximum absolute atomic E-state index is 13.4. The molecule has 1 fully saturated rings. The fourth-order valence-electron chi connectivity index (χ4n) is 4.74. The van der Waals surface area contributed by atoms with Crippen molar-refractivity contribution in [1.29, 1.82) is 0 Å².